The van der Waals surface area contributed by atoms with Gasteiger partial charge < -0.3 is 9.16 Å². The maximum atomic E-state index is 10.9. The molecule has 1 unspecified atom stereocenters. The van der Waals surface area contributed by atoms with Gasteiger partial charge in [0.2, 0.25) is 0 Å². The largest absolute Gasteiger partial charge is 0.469 e. The molecule has 0 rings (SSSR count). The van der Waals surface area contributed by atoms with Gasteiger partial charge in [-0.2, -0.15) is 0 Å². The molecule has 4 heteroatoms. The van der Waals surface area contributed by atoms with Crippen LogP contribution in [0.3, 0.4) is 0 Å². The minimum Gasteiger partial charge on any atom is -0.469 e. The summed E-state index contributed by atoms with van der Waals surface area (Å²) in [5, 5.41) is 0.222. The van der Waals surface area contributed by atoms with E-state index in [2.05, 4.69) is 93.2 Å². The summed E-state index contributed by atoms with van der Waals surface area (Å²) in [5.41, 5.74) is 0. The van der Waals surface area contributed by atoms with E-state index >= 15 is 0 Å². The number of hydrogen-bond acceptors (Lipinski definition) is 3. The van der Waals surface area contributed by atoms with Gasteiger partial charge in [-0.05, 0) is 25.1 Å². The lowest BCUT2D eigenvalue weighted by Crippen LogP contribution is -2.42. The Morgan fingerprint density at radius 1 is 1.04 bits per heavy atom. The third-order valence-corrected chi connectivity index (χ3v) is 8.90. The number of allylic oxidation sites excluding steroid dienone is 1. The summed E-state index contributed by atoms with van der Waals surface area (Å²) in [5.74, 6) is 17.7. The molecule has 0 aliphatic heterocycles. The zero-order valence-electron chi connectivity index (χ0n) is 18.0. The Balaban J connectivity index is 4.04. The number of ether oxygens (including phenoxy) is 1. The molecule has 0 aliphatic carbocycles. The minimum absolute atomic E-state index is 0.116. The average molecular weight is 387 g/mol. The zero-order chi connectivity index (χ0) is 20.8. The molecule has 0 radical (unpaired) electrons. The van der Waals surface area contributed by atoms with Crippen molar-refractivity contribution in [1.29, 1.82) is 0 Å². The number of carbonyl (C=O) groups is 1. The number of hydrogen-bond donors (Lipinski definition) is 0. The van der Waals surface area contributed by atoms with E-state index in [1.54, 1.807) is 0 Å². The first-order chi connectivity index (χ1) is 12.6. The second-order valence-electron chi connectivity index (χ2n) is 7.71. The van der Waals surface area contributed by atoms with Crippen LogP contribution >= 0.6 is 0 Å². The van der Waals surface area contributed by atoms with Crippen molar-refractivity contribution in [2.24, 2.45) is 0 Å². The van der Waals surface area contributed by atoms with Crippen LogP contribution in [0.5, 0.6) is 0 Å². The molecule has 0 saturated heterocycles. The highest BCUT2D eigenvalue weighted by Crippen LogP contribution is 2.37. The first-order valence-electron chi connectivity index (χ1n) is 9.38. The Labute approximate surface area is 167 Å². The van der Waals surface area contributed by atoms with Gasteiger partial charge in [-0.15, -0.1) is 5.92 Å². The lowest BCUT2D eigenvalue weighted by Gasteiger charge is -2.37. The molecule has 0 aromatic heterocycles. The Morgan fingerprint density at radius 2 is 1.59 bits per heavy atom. The predicted octanol–water partition coefficient (Wildman–Crippen LogP) is 5.09. The number of carbonyl (C=O) groups excluding carboxylic acids is 1. The highest BCUT2D eigenvalue weighted by molar-refractivity contribution is 6.74. The quantitative estimate of drug-likeness (QED) is 0.276. The van der Waals surface area contributed by atoms with E-state index in [1.165, 1.54) is 7.11 Å². The molecule has 3 nitrogen and oxygen atoms in total. The Bertz CT molecular complexity index is 664. The van der Waals surface area contributed by atoms with Crippen molar-refractivity contribution in [1.82, 2.24) is 0 Å². The van der Waals surface area contributed by atoms with Crippen molar-refractivity contribution < 1.29 is 14.0 Å². The lowest BCUT2D eigenvalue weighted by atomic mass is 10.2. The van der Waals surface area contributed by atoms with Crippen LogP contribution in [0, 0.1) is 35.5 Å². The molecular weight excluding hydrogens is 352 g/mol. The molecule has 0 aromatic rings. The van der Waals surface area contributed by atoms with E-state index in [4.69, 9.17) is 4.43 Å². The molecule has 0 saturated carbocycles. The molecular formula is C23H34O3Si. The van der Waals surface area contributed by atoms with Crippen LogP contribution in [-0.4, -0.2) is 27.5 Å². The van der Waals surface area contributed by atoms with Gasteiger partial charge in [0.1, 0.15) is 0 Å². The first kappa shape index (κ1) is 25.1. The second-order valence-corrected chi connectivity index (χ2v) is 12.5. The van der Waals surface area contributed by atoms with Crippen molar-refractivity contribution in [3.8, 4) is 35.5 Å². The summed E-state index contributed by atoms with van der Waals surface area (Å²) in [4.78, 5) is 10.9. The molecule has 0 heterocycles. The van der Waals surface area contributed by atoms with Gasteiger partial charge in [0.25, 0.3) is 0 Å². The third-order valence-electron chi connectivity index (χ3n) is 4.32. The highest BCUT2D eigenvalue weighted by atomic mass is 28.4. The number of rotatable bonds is 6. The Morgan fingerprint density at radius 3 is 2.15 bits per heavy atom. The van der Waals surface area contributed by atoms with Gasteiger partial charge in [0, 0.05) is 12.8 Å². The van der Waals surface area contributed by atoms with Crippen LogP contribution in [0.25, 0.3) is 0 Å². The average Bonchev–Trinajstić information content (AvgIpc) is 2.57. The molecule has 27 heavy (non-hydrogen) atoms. The summed E-state index contributed by atoms with van der Waals surface area (Å²) in [6.07, 6.45) is 6.87. The fraction of sp³-hybridized carbons (Fsp3) is 0.609. The zero-order valence-corrected chi connectivity index (χ0v) is 19.0. The minimum atomic E-state index is -1.72. The van der Waals surface area contributed by atoms with Gasteiger partial charge >= 0.3 is 5.97 Å². The van der Waals surface area contributed by atoms with Crippen molar-refractivity contribution in [3.05, 3.63) is 12.2 Å². The number of methoxy groups -OCH3 is 1. The molecule has 148 valence electrons. The van der Waals surface area contributed by atoms with Crippen molar-refractivity contribution in [3.63, 3.8) is 0 Å². The summed E-state index contributed by atoms with van der Waals surface area (Å²) in [6.45, 7) is 13.4. The van der Waals surface area contributed by atoms with Gasteiger partial charge in [-0.25, -0.2) is 0 Å². The topological polar surface area (TPSA) is 35.5 Å². The molecule has 0 aromatic carbocycles. The van der Waals surface area contributed by atoms with Crippen molar-refractivity contribution in [2.45, 2.75) is 84.0 Å². The van der Waals surface area contributed by atoms with E-state index in [0.29, 0.717) is 32.1 Å². The molecule has 0 amide bonds. The Kier molecular flexibility index (Phi) is 12.3. The van der Waals surface area contributed by atoms with E-state index in [9.17, 15) is 4.79 Å². The van der Waals surface area contributed by atoms with Gasteiger partial charge in [-0.1, -0.05) is 62.5 Å². The molecule has 1 atom stereocenters. The van der Waals surface area contributed by atoms with Crippen LogP contribution in [0.2, 0.25) is 18.1 Å². The first-order valence-corrected chi connectivity index (χ1v) is 12.3. The summed E-state index contributed by atoms with van der Waals surface area (Å²) in [6, 6.07) is 0. The van der Waals surface area contributed by atoms with Gasteiger partial charge in [0.15, 0.2) is 8.32 Å². The SMILES string of the molecule is COC(=O)CCC#CCC#CCC#CC/C=C/C(C)O[Si](C)(C)C(C)(C)C. The van der Waals surface area contributed by atoms with E-state index in [0.717, 1.165) is 0 Å². The molecule has 0 fully saturated rings. The van der Waals surface area contributed by atoms with Crippen molar-refractivity contribution >= 4 is 14.3 Å². The third kappa shape index (κ3) is 13.0. The fourth-order valence-corrected chi connectivity index (χ4v) is 3.13. The Hall–Kier alpha value is -1.93. The lowest BCUT2D eigenvalue weighted by molar-refractivity contribution is -0.140. The summed E-state index contributed by atoms with van der Waals surface area (Å²) in [7, 11) is -0.341. The fourth-order valence-electron chi connectivity index (χ4n) is 1.76. The standard InChI is InChI=1S/C23H34O3Si/c1-21(26-27(6,7)23(2,3)4)19-17-15-13-11-9-8-10-12-14-16-18-20-22(24)25-5/h17,19,21H,9,12,15,18,20H2,1-7H3/b19-17+. The second kappa shape index (κ2) is 13.3. The van der Waals surface area contributed by atoms with Crippen molar-refractivity contribution in [2.75, 3.05) is 7.11 Å². The maximum Gasteiger partial charge on any atom is 0.306 e. The van der Waals surface area contributed by atoms with Crippen LogP contribution < -0.4 is 0 Å². The number of esters is 1. The maximum absolute atomic E-state index is 10.9. The molecule has 0 bridgehead atoms. The smallest absolute Gasteiger partial charge is 0.306 e. The van der Waals surface area contributed by atoms with Gasteiger partial charge in [-0.3, -0.25) is 4.79 Å². The normalized spacial score (nSPS) is 12.1. The van der Waals surface area contributed by atoms with Crippen LogP contribution in [0.4, 0.5) is 0 Å². The molecule has 0 N–H and O–H groups in total. The predicted molar refractivity (Wildman–Crippen MR) is 115 cm³/mol. The molecule has 0 spiro atoms. The summed E-state index contributed by atoms with van der Waals surface area (Å²) >= 11 is 0. The van der Waals surface area contributed by atoms with E-state index in [1.807, 2.05) is 0 Å². The van der Waals surface area contributed by atoms with Crippen LogP contribution in [0.1, 0.15) is 59.8 Å². The van der Waals surface area contributed by atoms with Crippen LogP contribution in [-0.2, 0) is 14.0 Å². The monoisotopic (exact) mass is 386 g/mol. The van der Waals surface area contributed by atoms with E-state index < -0.39 is 8.32 Å². The van der Waals surface area contributed by atoms with Crippen LogP contribution in [0.15, 0.2) is 12.2 Å². The molecule has 0 aliphatic rings. The van der Waals surface area contributed by atoms with Gasteiger partial charge in [0.05, 0.1) is 32.5 Å². The summed E-state index contributed by atoms with van der Waals surface area (Å²) < 4.78 is 10.8. The van der Waals surface area contributed by atoms with E-state index in [-0.39, 0.29) is 17.1 Å². The highest BCUT2D eigenvalue weighted by Gasteiger charge is 2.37.